The quantitative estimate of drug-likeness (QED) is 0.477. The molecule has 0 atom stereocenters. The molecule has 0 unspecified atom stereocenters. The van der Waals surface area contributed by atoms with Crippen molar-refractivity contribution in [1.29, 1.82) is 0 Å². The van der Waals surface area contributed by atoms with Gasteiger partial charge >= 0.3 is 0 Å². The Morgan fingerprint density at radius 2 is 1.75 bits per heavy atom. The molecule has 0 spiro atoms. The standard InChI is InChI=1S/C19H18N2O2S/c1-2-14-8-10-16(11-9-14)17(22)13-24-19-21-20-18(23-19)12-15-6-4-3-5-7-15/h3-11H,2,12-13H2,1H3. The number of benzene rings is 2. The highest BCUT2D eigenvalue weighted by molar-refractivity contribution is 7.99. The van der Waals surface area contributed by atoms with Gasteiger partial charge in [0.2, 0.25) is 5.89 Å². The molecular weight excluding hydrogens is 320 g/mol. The van der Waals surface area contributed by atoms with Gasteiger partial charge in [-0.1, -0.05) is 73.3 Å². The van der Waals surface area contributed by atoms with E-state index in [0.29, 0.717) is 28.9 Å². The fourth-order valence-electron chi connectivity index (χ4n) is 2.28. The van der Waals surface area contributed by atoms with Crippen molar-refractivity contribution < 1.29 is 9.21 Å². The number of carbonyl (C=O) groups is 1. The van der Waals surface area contributed by atoms with E-state index in [2.05, 4.69) is 17.1 Å². The highest BCUT2D eigenvalue weighted by atomic mass is 32.2. The van der Waals surface area contributed by atoms with E-state index in [1.54, 1.807) is 0 Å². The first kappa shape index (κ1) is 16.5. The summed E-state index contributed by atoms with van der Waals surface area (Å²) in [6.45, 7) is 2.09. The zero-order chi connectivity index (χ0) is 16.8. The lowest BCUT2D eigenvalue weighted by molar-refractivity contribution is 0.102. The molecule has 122 valence electrons. The molecule has 0 aliphatic rings. The third-order valence-corrected chi connectivity index (χ3v) is 4.48. The second kappa shape index (κ2) is 7.93. The highest BCUT2D eigenvalue weighted by Gasteiger charge is 2.11. The Hall–Kier alpha value is -2.40. The van der Waals surface area contributed by atoms with Crippen molar-refractivity contribution >= 4 is 17.5 Å². The summed E-state index contributed by atoms with van der Waals surface area (Å²) in [7, 11) is 0. The number of nitrogens with zero attached hydrogens (tertiary/aromatic N) is 2. The molecule has 1 aromatic heterocycles. The summed E-state index contributed by atoms with van der Waals surface area (Å²) in [4.78, 5) is 12.2. The first-order valence-corrected chi connectivity index (χ1v) is 8.84. The lowest BCUT2D eigenvalue weighted by atomic mass is 10.1. The van der Waals surface area contributed by atoms with Crippen molar-refractivity contribution in [2.75, 3.05) is 5.75 Å². The van der Waals surface area contributed by atoms with E-state index in [1.807, 2.05) is 54.6 Å². The molecule has 3 rings (SSSR count). The van der Waals surface area contributed by atoms with Gasteiger partial charge in [-0.25, -0.2) is 0 Å². The molecule has 0 fully saturated rings. The summed E-state index contributed by atoms with van der Waals surface area (Å²) < 4.78 is 5.60. The average molecular weight is 338 g/mol. The van der Waals surface area contributed by atoms with E-state index in [1.165, 1.54) is 17.3 Å². The van der Waals surface area contributed by atoms with Crippen LogP contribution in [-0.2, 0) is 12.8 Å². The number of thioether (sulfide) groups is 1. The monoisotopic (exact) mass is 338 g/mol. The van der Waals surface area contributed by atoms with Crippen LogP contribution in [0.1, 0.15) is 34.3 Å². The minimum atomic E-state index is 0.0606. The van der Waals surface area contributed by atoms with Crippen molar-refractivity contribution in [3.63, 3.8) is 0 Å². The maximum Gasteiger partial charge on any atom is 0.277 e. The molecule has 0 radical (unpaired) electrons. The van der Waals surface area contributed by atoms with Crippen LogP contribution in [0.5, 0.6) is 0 Å². The molecule has 0 N–H and O–H groups in total. The summed E-state index contributed by atoms with van der Waals surface area (Å²) in [6.07, 6.45) is 1.57. The number of hydrogen-bond acceptors (Lipinski definition) is 5. The normalized spacial score (nSPS) is 10.7. The largest absolute Gasteiger partial charge is 0.416 e. The minimum absolute atomic E-state index is 0.0606. The Balaban J connectivity index is 1.55. The van der Waals surface area contributed by atoms with Crippen LogP contribution < -0.4 is 0 Å². The van der Waals surface area contributed by atoms with Crippen molar-refractivity contribution in [3.05, 3.63) is 77.2 Å². The molecule has 24 heavy (non-hydrogen) atoms. The Bertz CT molecular complexity index is 798. The Morgan fingerprint density at radius 3 is 2.46 bits per heavy atom. The van der Waals surface area contributed by atoms with Gasteiger partial charge in [-0.15, -0.1) is 10.2 Å². The first-order valence-electron chi connectivity index (χ1n) is 7.86. The SMILES string of the molecule is CCc1ccc(C(=O)CSc2nnc(Cc3ccccc3)o2)cc1. The number of rotatable bonds is 7. The Morgan fingerprint density at radius 1 is 1.00 bits per heavy atom. The van der Waals surface area contributed by atoms with Gasteiger partial charge in [-0.2, -0.15) is 0 Å². The summed E-state index contributed by atoms with van der Waals surface area (Å²) in [6, 6.07) is 17.7. The van der Waals surface area contributed by atoms with Gasteiger partial charge in [0, 0.05) is 5.56 Å². The molecule has 0 amide bonds. The summed E-state index contributed by atoms with van der Waals surface area (Å²) in [5, 5.41) is 8.47. The molecule has 0 aliphatic heterocycles. The lowest BCUT2D eigenvalue weighted by Gasteiger charge is -2.01. The van der Waals surface area contributed by atoms with Gasteiger partial charge in [0.1, 0.15) is 0 Å². The Labute approximate surface area is 145 Å². The molecule has 0 saturated heterocycles. The van der Waals surface area contributed by atoms with E-state index in [0.717, 1.165) is 12.0 Å². The van der Waals surface area contributed by atoms with Crippen molar-refractivity contribution in [2.24, 2.45) is 0 Å². The predicted octanol–water partition coefficient (Wildman–Crippen LogP) is 4.20. The van der Waals surface area contributed by atoms with Gasteiger partial charge in [0.25, 0.3) is 5.22 Å². The van der Waals surface area contributed by atoms with Crippen molar-refractivity contribution in [2.45, 2.75) is 25.0 Å². The fraction of sp³-hybridized carbons (Fsp3) is 0.211. The molecule has 1 heterocycles. The third kappa shape index (κ3) is 4.32. The summed E-state index contributed by atoms with van der Waals surface area (Å²) in [5.74, 6) is 0.909. The number of Topliss-reactive ketones (excluding diaryl/α,β-unsaturated/α-hetero) is 1. The maximum atomic E-state index is 12.2. The van der Waals surface area contributed by atoms with E-state index in [9.17, 15) is 4.79 Å². The second-order valence-electron chi connectivity index (χ2n) is 5.39. The zero-order valence-corrected chi connectivity index (χ0v) is 14.3. The number of hydrogen-bond donors (Lipinski definition) is 0. The van der Waals surface area contributed by atoms with Crippen LogP contribution in [0.3, 0.4) is 0 Å². The zero-order valence-electron chi connectivity index (χ0n) is 13.4. The number of carbonyl (C=O) groups excluding carboxylic acids is 1. The maximum absolute atomic E-state index is 12.2. The highest BCUT2D eigenvalue weighted by Crippen LogP contribution is 2.19. The topological polar surface area (TPSA) is 56.0 Å². The van der Waals surface area contributed by atoms with Crippen LogP contribution in [0.25, 0.3) is 0 Å². The van der Waals surface area contributed by atoms with Crippen LogP contribution in [0.2, 0.25) is 0 Å². The van der Waals surface area contributed by atoms with E-state index in [4.69, 9.17) is 4.42 Å². The van der Waals surface area contributed by atoms with Gasteiger partial charge < -0.3 is 4.42 Å². The number of aryl methyl sites for hydroxylation is 1. The molecule has 3 aromatic rings. The predicted molar refractivity (Wildman–Crippen MR) is 94.4 cm³/mol. The van der Waals surface area contributed by atoms with Gasteiger partial charge in [0.05, 0.1) is 12.2 Å². The molecule has 5 heteroatoms. The Kier molecular flexibility index (Phi) is 5.43. The average Bonchev–Trinajstić information content (AvgIpc) is 3.08. The van der Waals surface area contributed by atoms with Crippen molar-refractivity contribution in [1.82, 2.24) is 10.2 Å². The van der Waals surface area contributed by atoms with Gasteiger partial charge in [0.15, 0.2) is 5.78 Å². The van der Waals surface area contributed by atoms with E-state index in [-0.39, 0.29) is 5.78 Å². The van der Waals surface area contributed by atoms with Gasteiger partial charge in [-0.3, -0.25) is 4.79 Å². The van der Waals surface area contributed by atoms with Crippen LogP contribution in [0.4, 0.5) is 0 Å². The van der Waals surface area contributed by atoms with E-state index < -0.39 is 0 Å². The fourth-order valence-corrected chi connectivity index (χ4v) is 2.95. The van der Waals surface area contributed by atoms with E-state index >= 15 is 0 Å². The van der Waals surface area contributed by atoms with Crippen LogP contribution in [0, 0.1) is 0 Å². The van der Waals surface area contributed by atoms with Crippen molar-refractivity contribution in [3.8, 4) is 0 Å². The van der Waals surface area contributed by atoms with Crippen LogP contribution >= 0.6 is 11.8 Å². The molecule has 0 bridgehead atoms. The molecular formula is C19H18N2O2S. The lowest BCUT2D eigenvalue weighted by Crippen LogP contribution is -2.02. The molecule has 0 saturated carbocycles. The number of ketones is 1. The third-order valence-electron chi connectivity index (χ3n) is 3.66. The van der Waals surface area contributed by atoms with Crippen LogP contribution in [-0.4, -0.2) is 21.7 Å². The molecule has 0 aliphatic carbocycles. The number of aromatic nitrogens is 2. The van der Waals surface area contributed by atoms with Crippen LogP contribution in [0.15, 0.2) is 64.2 Å². The first-order chi connectivity index (χ1) is 11.7. The molecule has 2 aromatic carbocycles. The summed E-state index contributed by atoms with van der Waals surface area (Å²) >= 11 is 1.27. The van der Waals surface area contributed by atoms with Gasteiger partial charge in [-0.05, 0) is 17.5 Å². The smallest absolute Gasteiger partial charge is 0.277 e. The summed E-state index contributed by atoms with van der Waals surface area (Å²) in [5.41, 5.74) is 3.05. The second-order valence-corrected chi connectivity index (χ2v) is 6.31. The minimum Gasteiger partial charge on any atom is -0.416 e. The molecule has 4 nitrogen and oxygen atoms in total.